The van der Waals surface area contributed by atoms with Gasteiger partial charge in [0.2, 0.25) is 17.6 Å². The molecular formula is C18H23ClN4O2. The van der Waals surface area contributed by atoms with Crippen LogP contribution in [0.3, 0.4) is 0 Å². The van der Waals surface area contributed by atoms with E-state index >= 15 is 0 Å². The fourth-order valence-corrected chi connectivity index (χ4v) is 3.33. The van der Waals surface area contributed by atoms with Gasteiger partial charge in [0.05, 0.1) is 6.54 Å². The molecule has 7 heteroatoms. The van der Waals surface area contributed by atoms with Crippen molar-refractivity contribution in [2.24, 2.45) is 11.8 Å². The molecule has 1 saturated heterocycles. The second-order valence-electron chi connectivity index (χ2n) is 6.59. The second-order valence-corrected chi connectivity index (χ2v) is 7.02. The Bertz CT molecular complexity index is 713. The maximum atomic E-state index is 12.2. The monoisotopic (exact) mass is 362 g/mol. The molecule has 0 bridgehead atoms. The Balaban J connectivity index is 1.49. The minimum absolute atomic E-state index is 0.0144. The van der Waals surface area contributed by atoms with Crippen molar-refractivity contribution in [3.05, 3.63) is 35.2 Å². The van der Waals surface area contributed by atoms with Crippen molar-refractivity contribution in [1.82, 2.24) is 20.8 Å². The molecule has 0 aliphatic carbocycles. The van der Waals surface area contributed by atoms with E-state index in [1.165, 1.54) is 12.8 Å². The summed E-state index contributed by atoms with van der Waals surface area (Å²) in [4.78, 5) is 16.5. The molecule has 1 aliphatic heterocycles. The average Bonchev–Trinajstić information content (AvgIpc) is 3.10. The Hall–Kier alpha value is -1.92. The van der Waals surface area contributed by atoms with Crippen LogP contribution in [0.5, 0.6) is 0 Å². The first-order valence-corrected chi connectivity index (χ1v) is 9.05. The van der Waals surface area contributed by atoms with Gasteiger partial charge in [0.25, 0.3) is 0 Å². The predicted molar refractivity (Wildman–Crippen MR) is 96.0 cm³/mol. The maximum Gasteiger partial charge on any atom is 0.246 e. The van der Waals surface area contributed by atoms with Gasteiger partial charge < -0.3 is 15.2 Å². The third-order valence-electron chi connectivity index (χ3n) is 4.63. The normalized spacial score (nSPS) is 18.7. The summed E-state index contributed by atoms with van der Waals surface area (Å²) >= 11 is 5.97. The van der Waals surface area contributed by atoms with Crippen molar-refractivity contribution in [2.45, 2.75) is 32.7 Å². The molecule has 2 unspecified atom stereocenters. The van der Waals surface area contributed by atoms with Gasteiger partial charge in [0.15, 0.2) is 0 Å². The molecule has 1 fully saturated rings. The molecule has 1 aliphatic rings. The predicted octanol–water partition coefficient (Wildman–Crippen LogP) is 3.03. The van der Waals surface area contributed by atoms with Crippen LogP contribution in [0.4, 0.5) is 0 Å². The fourth-order valence-electron chi connectivity index (χ4n) is 3.14. The Morgan fingerprint density at radius 1 is 1.52 bits per heavy atom. The lowest BCUT2D eigenvalue weighted by atomic mass is 9.85. The van der Waals surface area contributed by atoms with Gasteiger partial charge in [-0.1, -0.05) is 35.8 Å². The summed E-state index contributed by atoms with van der Waals surface area (Å²) in [5.74, 6) is 1.79. The molecule has 3 rings (SSSR count). The van der Waals surface area contributed by atoms with Gasteiger partial charge in [-0.05, 0) is 49.9 Å². The van der Waals surface area contributed by atoms with Crippen molar-refractivity contribution in [1.29, 1.82) is 0 Å². The first-order valence-electron chi connectivity index (χ1n) is 8.68. The summed E-state index contributed by atoms with van der Waals surface area (Å²) < 4.78 is 5.20. The maximum absolute atomic E-state index is 12.2. The van der Waals surface area contributed by atoms with Gasteiger partial charge in [0.1, 0.15) is 0 Å². The summed E-state index contributed by atoms with van der Waals surface area (Å²) in [6.07, 6.45) is 2.89. The zero-order chi connectivity index (χ0) is 17.6. The van der Waals surface area contributed by atoms with Crippen LogP contribution in [0.2, 0.25) is 5.02 Å². The van der Waals surface area contributed by atoms with E-state index in [-0.39, 0.29) is 12.5 Å². The Kier molecular flexibility index (Phi) is 6.04. The molecule has 0 saturated carbocycles. The van der Waals surface area contributed by atoms with Gasteiger partial charge in [-0.3, -0.25) is 4.79 Å². The van der Waals surface area contributed by atoms with Gasteiger partial charge in [-0.15, -0.1) is 0 Å². The number of hydrogen-bond acceptors (Lipinski definition) is 5. The highest BCUT2D eigenvalue weighted by Gasteiger charge is 2.22. The second kappa shape index (κ2) is 8.45. The van der Waals surface area contributed by atoms with Crippen LogP contribution in [-0.4, -0.2) is 29.1 Å². The molecule has 0 radical (unpaired) electrons. The number of hydrogen-bond donors (Lipinski definition) is 2. The summed E-state index contributed by atoms with van der Waals surface area (Å²) in [6, 6.07) is 7.25. The number of amides is 1. The lowest BCUT2D eigenvalue weighted by molar-refractivity contribution is -0.122. The molecule has 25 heavy (non-hydrogen) atoms. The van der Waals surface area contributed by atoms with Crippen LogP contribution in [-0.2, 0) is 11.3 Å². The smallest absolute Gasteiger partial charge is 0.246 e. The average molecular weight is 363 g/mol. The molecule has 1 aromatic heterocycles. The number of benzene rings is 1. The molecule has 2 aromatic rings. The van der Waals surface area contributed by atoms with Crippen molar-refractivity contribution < 1.29 is 9.32 Å². The van der Waals surface area contributed by atoms with E-state index in [9.17, 15) is 4.79 Å². The Morgan fingerprint density at radius 3 is 3.16 bits per heavy atom. The zero-order valence-corrected chi connectivity index (χ0v) is 15.1. The number of piperidine rings is 1. The number of nitrogens with zero attached hydrogens (tertiary/aromatic N) is 2. The fraction of sp³-hybridized carbons (Fsp3) is 0.500. The van der Waals surface area contributed by atoms with E-state index in [0.717, 1.165) is 18.7 Å². The number of rotatable bonds is 6. The summed E-state index contributed by atoms with van der Waals surface area (Å²) in [7, 11) is 0. The minimum atomic E-state index is 0.0144. The van der Waals surface area contributed by atoms with E-state index in [4.69, 9.17) is 16.1 Å². The molecule has 6 nitrogen and oxygen atoms in total. The zero-order valence-electron chi connectivity index (χ0n) is 14.3. The largest absolute Gasteiger partial charge is 0.347 e. The summed E-state index contributed by atoms with van der Waals surface area (Å²) in [5.41, 5.74) is 0.784. The van der Waals surface area contributed by atoms with Gasteiger partial charge in [0, 0.05) is 17.0 Å². The number of carbonyl (C=O) groups is 1. The standard InChI is InChI=1S/C18H23ClN4O2/c1-12(14-5-3-7-20-10-14)8-16(24)21-11-17-22-18(23-25-17)13-4-2-6-15(19)9-13/h2,4,6,9,12,14,20H,3,5,7-8,10-11H2,1H3,(H,21,24). The van der Waals surface area contributed by atoms with Crippen molar-refractivity contribution in [2.75, 3.05) is 13.1 Å². The van der Waals surface area contributed by atoms with Crippen LogP contribution in [0.25, 0.3) is 11.4 Å². The Morgan fingerprint density at radius 2 is 2.40 bits per heavy atom. The lowest BCUT2D eigenvalue weighted by Gasteiger charge is -2.27. The van der Waals surface area contributed by atoms with E-state index in [0.29, 0.717) is 35.0 Å². The number of halogens is 1. The summed E-state index contributed by atoms with van der Waals surface area (Å²) in [6.45, 7) is 4.46. The van der Waals surface area contributed by atoms with Crippen molar-refractivity contribution >= 4 is 17.5 Å². The first-order chi connectivity index (χ1) is 12.1. The minimum Gasteiger partial charge on any atom is -0.347 e. The molecule has 2 N–H and O–H groups in total. The van der Waals surface area contributed by atoms with Crippen LogP contribution < -0.4 is 10.6 Å². The molecule has 2 atom stereocenters. The molecule has 1 amide bonds. The van der Waals surface area contributed by atoms with E-state index in [1.54, 1.807) is 12.1 Å². The van der Waals surface area contributed by atoms with Crippen molar-refractivity contribution in [3.63, 3.8) is 0 Å². The topological polar surface area (TPSA) is 80.1 Å². The van der Waals surface area contributed by atoms with Crippen LogP contribution >= 0.6 is 11.6 Å². The van der Waals surface area contributed by atoms with Crippen LogP contribution in [0.15, 0.2) is 28.8 Å². The molecule has 134 valence electrons. The Labute approximate surface area is 152 Å². The first kappa shape index (κ1) is 17.9. The number of carbonyl (C=O) groups excluding carboxylic acids is 1. The van der Waals surface area contributed by atoms with Gasteiger partial charge in [-0.2, -0.15) is 4.98 Å². The highest BCUT2D eigenvalue weighted by Crippen LogP contribution is 2.22. The van der Waals surface area contributed by atoms with Gasteiger partial charge in [-0.25, -0.2) is 0 Å². The third kappa shape index (κ3) is 5.03. The highest BCUT2D eigenvalue weighted by molar-refractivity contribution is 6.30. The van der Waals surface area contributed by atoms with E-state index in [1.807, 2.05) is 12.1 Å². The molecule has 2 heterocycles. The summed E-state index contributed by atoms with van der Waals surface area (Å²) in [5, 5.41) is 10.8. The van der Waals surface area contributed by atoms with E-state index in [2.05, 4.69) is 27.7 Å². The SMILES string of the molecule is CC(CC(=O)NCc1nc(-c2cccc(Cl)c2)no1)C1CCCNC1. The molecule has 1 aromatic carbocycles. The quantitative estimate of drug-likeness (QED) is 0.825. The number of aromatic nitrogens is 2. The molecule has 0 spiro atoms. The third-order valence-corrected chi connectivity index (χ3v) is 4.87. The van der Waals surface area contributed by atoms with Crippen LogP contribution in [0, 0.1) is 11.8 Å². The molecular weight excluding hydrogens is 340 g/mol. The lowest BCUT2D eigenvalue weighted by Crippen LogP contribution is -2.35. The van der Waals surface area contributed by atoms with Crippen molar-refractivity contribution in [3.8, 4) is 11.4 Å². The number of nitrogens with one attached hydrogen (secondary N) is 2. The van der Waals surface area contributed by atoms with Gasteiger partial charge >= 0.3 is 0 Å². The van der Waals surface area contributed by atoms with Crippen LogP contribution in [0.1, 0.15) is 32.1 Å². The highest BCUT2D eigenvalue weighted by atomic mass is 35.5. The van der Waals surface area contributed by atoms with E-state index < -0.39 is 0 Å².